The van der Waals surface area contributed by atoms with E-state index in [9.17, 15) is 29.7 Å². The van der Waals surface area contributed by atoms with Crippen molar-refractivity contribution in [2.24, 2.45) is 0 Å². The molecule has 1 unspecified atom stereocenters. The summed E-state index contributed by atoms with van der Waals surface area (Å²) in [7, 11) is 0. The van der Waals surface area contributed by atoms with Gasteiger partial charge in [0.2, 0.25) is 0 Å². The number of aliphatic hydroxyl groups is 1. The van der Waals surface area contributed by atoms with Crippen molar-refractivity contribution in [3.63, 3.8) is 0 Å². The first-order valence-electron chi connectivity index (χ1n) is 9.48. The number of carboxylic acid groups (broad SMARTS) is 3. The van der Waals surface area contributed by atoms with Crippen LogP contribution in [-0.4, -0.2) is 84.8 Å². The maximum absolute atomic E-state index is 11.5. The molecule has 1 aliphatic rings. The molecule has 1 aliphatic carbocycles. The molecule has 1 saturated carbocycles. The van der Waals surface area contributed by atoms with Crippen molar-refractivity contribution >= 4 is 17.9 Å². The SMILES string of the molecule is O=C(O)CN(CC(=O)O)C1CCCC[C@@H]1N(CC(=O)O)Cc1ccc(CO)cn1.[Mn+2]. The van der Waals surface area contributed by atoms with Crippen LogP contribution in [0.25, 0.3) is 0 Å². The van der Waals surface area contributed by atoms with Crippen molar-refractivity contribution in [3.8, 4) is 0 Å². The van der Waals surface area contributed by atoms with Crippen molar-refractivity contribution in [1.82, 2.24) is 14.8 Å². The Bertz CT molecular complexity index is 701. The van der Waals surface area contributed by atoms with Gasteiger partial charge in [-0.2, -0.15) is 0 Å². The summed E-state index contributed by atoms with van der Waals surface area (Å²) < 4.78 is 0. The molecule has 2 rings (SSSR count). The maximum atomic E-state index is 11.5. The molecule has 1 aromatic heterocycles. The Morgan fingerprint density at radius 3 is 1.83 bits per heavy atom. The standard InChI is InChI=1S/C19H27N3O7.Mn/c23-12-13-5-6-14(20-7-13)8-21(9-17(24)25)15-3-1-2-4-16(15)22(10-18(26)27)11-19(28)29;/h5-7,15-16,23H,1-4,8-12H2,(H,24,25)(H,26,27)(H,28,29);/q;+2/t15-,16?;/m0./s1. The van der Waals surface area contributed by atoms with Crippen LogP contribution in [0.3, 0.4) is 0 Å². The number of carbonyl (C=O) groups is 3. The molecule has 0 aliphatic heterocycles. The molecule has 30 heavy (non-hydrogen) atoms. The van der Waals surface area contributed by atoms with Crippen molar-refractivity contribution in [1.29, 1.82) is 0 Å². The molecule has 1 aromatic rings. The number of nitrogens with zero attached hydrogens (tertiary/aromatic N) is 3. The Kier molecular flexibility index (Phi) is 10.9. The molecule has 1 radical (unpaired) electrons. The molecular weight excluding hydrogens is 437 g/mol. The zero-order valence-electron chi connectivity index (χ0n) is 16.5. The molecule has 10 nitrogen and oxygen atoms in total. The zero-order chi connectivity index (χ0) is 21.4. The second-order valence-electron chi connectivity index (χ2n) is 7.23. The van der Waals surface area contributed by atoms with Crippen LogP contribution in [-0.2, 0) is 44.6 Å². The topological polar surface area (TPSA) is 152 Å². The van der Waals surface area contributed by atoms with E-state index in [-0.39, 0.29) is 48.8 Å². The van der Waals surface area contributed by atoms with Gasteiger partial charge >= 0.3 is 35.0 Å². The van der Waals surface area contributed by atoms with Crippen molar-refractivity contribution < 1.29 is 51.9 Å². The normalized spacial score (nSPS) is 18.8. The third kappa shape index (κ3) is 8.00. The molecule has 4 N–H and O–H groups in total. The molecule has 2 atom stereocenters. The number of pyridine rings is 1. The number of aromatic nitrogens is 1. The second-order valence-corrected chi connectivity index (χ2v) is 7.23. The van der Waals surface area contributed by atoms with Crippen LogP contribution < -0.4 is 0 Å². The number of hydrogen-bond donors (Lipinski definition) is 4. The monoisotopic (exact) mass is 464 g/mol. The summed E-state index contributed by atoms with van der Waals surface area (Å²) in [6, 6.07) is 2.73. The second kappa shape index (κ2) is 12.6. The summed E-state index contributed by atoms with van der Waals surface area (Å²) in [5.74, 6) is -3.27. The molecule has 0 bridgehead atoms. The summed E-state index contributed by atoms with van der Waals surface area (Å²) in [6.07, 6.45) is 4.43. The molecule has 11 heteroatoms. The van der Waals surface area contributed by atoms with E-state index in [1.807, 2.05) is 0 Å². The van der Waals surface area contributed by atoms with Crippen LogP contribution >= 0.6 is 0 Å². The number of carboxylic acids is 3. The van der Waals surface area contributed by atoms with Crippen LogP contribution in [0.2, 0.25) is 0 Å². The summed E-state index contributed by atoms with van der Waals surface area (Å²) in [6.45, 7) is -1.02. The Labute approximate surface area is 185 Å². The average Bonchev–Trinajstić information content (AvgIpc) is 2.66. The molecular formula is C19H27MnN3O7+2. The fraction of sp³-hybridized carbons (Fsp3) is 0.579. The van der Waals surface area contributed by atoms with Gasteiger partial charge in [0.25, 0.3) is 0 Å². The molecule has 0 spiro atoms. The predicted octanol–water partition coefficient (Wildman–Crippen LogP) is 0.240. The van der Waals surface area contributed by atoms with Gasteiger partial charge in [0.05, 0.1) is 31.9 Å². The van der Waals surface area contributed by atoms with Crippen LogP contribution in [0.15, 0.2) is 18.3 Å². The molecule has 0 aromatic carbocycles. The Morgan fingerprint density at radius 2 is 1.40 bits per heavy atom. The Balaban J connectivity index is 0.00000450. The Hall–Kier alpha value is -2.04. The van der Waals surface area contributed by atoms with E-state index in [0.29, 0.717) is 24.1 Å². The number of rotatable bonds is 11. The van der Waals surface area contributed by atoms with E-state index in [1.165, 1.54) is 11.1 Å². The molecule has 1 fully saturated rings. The minimum Gasteiger partial charge on any atom is -0.480 e. The van der Waals surface area contributed by atoms with Crippen molar-refractivity contribution in [3.05, 3.63) is 29.6 Å². The van der Waals surface area contributed by atoms with E-state index < -0.39 is 31.0 Å². The van der Waals surface area contributed by atoms with Gasteiger partial charge in [-0.25, -0.2) is 0 Å². The first-order valence-corrected chi connectivity index (χ1v) is 9.48. The van der Waals surface area contributed by atoms with Crippen molar-refractivity contribution in [2.45, 2.75) is 50.9 Å². The van der Waals surface area contributed by atoms with Crippen LogP contribution in [0.4, 0.5) is 0 Å². The quantitative estimate of drug-likeness (QED) is 0.335. The van der Waals surface area contributed by atoms with Gasteiger partial charge in [-0.15, -0.1) is 0 Å². The van der Waals surface area contributed by atoms with Gasteiger partial charge in [0, 0.05) is 24.8 Å². The third-order valence-corrected chi connectivity index (χ3v) is 5.08. The van der Waals surface area contributed by atoms with Gasteiger partial charge in [0.15, 0.2) is 0 Å². The minimum atomic E-state index is -1.12. The van der Waals surface area contributed by atoms with Crippen LogP contribution in [0, 0.1) is 0 Å². The summed E-state index contributed by atoms with van der Waals surface area (Å²) in [4.78, 5) is 41.4. The van der Waals surface area contributed by atoms with Crippen LogP contribution in [0.1, 0.15) is 36.9 Å². The van der Waals surface area contributed by atoms with Crippen molar-refractivity contribution in [2.75, 3.05) is 19.6 Å². The van der Waals surface area contributed by atoms with Gasteiger partial charge < -0.3 is 20.4 Å². The van der Waals surface area contributed by atoms with E-state index in [1.54, 1.807) is 17.0 Å². The van der Waals surface area contributed by atoms with Gasteiger partial charge in [-0.1, -0.05) is 18.9 Å². The summed E-state index contributed by atoms with van der Waals surface area (Å²) in [5.41, 5.74) is 1.26. The fourth-order valence-electron chi connectivity index (χ4n) is 3.90. The summed E-state index contributed by atoms with van der Waals surface area (Å²) >= 11 is 0. The summed E-state index contributed by atoms with van der Waals surface area (Å²) in [5, 5.41) is 37.0. The van der Waals surface area contributed by atoms with E-state index in [0.717, 1.165) is 12.8 Å². The first-order chi connectivity index (χ1) is 13.8. The molecule has 165 valence electrons. The largest absolute Gasteiger partial charge is 2.00 e. The van der Waals surface area contributed by atoms with E-state index in [4.69, 9.17) is 5.11 Å². The smallest absolute Gasteiger partial charge is 0.480 e. The van der Waals surface area contributed by atoms with Gasteiger partial charge in [-0.05, 0) is 24.5 Å². The number of hydrogen-bond acceptors (Lipinski definition) is 7. The third-order valence-electron chi connectivity index (χ3n) is 5.08. The van der Waals surface area contributed by atoms with E-state index in [2.05, 4.69) is 4.98 Å². The zero-order valence-corrected chi connectivity index (χ0v) is 17.7. The predicted molar refractivity (Wildman–Crippen MR) is 101 cm³/mol. The van der Waals surface area contributed by atoms with Gasteiger partial charge in [0.1, 0.15) is 0 Å². The number of aliphatic hydroxyl groups excluding tert-OH is 1. The molecule has 0 saturated heterocycles. The maximum Gasteiger partial charge on any atom is 2.00 e. The van der Waals surface area contributed by atoms with Crippen LogP contribution in [0.5, 0.6) is 0 Å². The minimum absolute atomic E-state index is 0. The number of aliphatic carboxylic acids is 3. The first kappa shape index (κ1) is 26.0. The fourth-order valence-corrected chi connectivity index (χ4v) is 3.90. The Morgan fingerprint density at radius 1 is 0.900 bits per heavy atom. The van der Waals surface area contributed by atoms with E-state index >= 15 is 0 Å². The average molecular weight is 464 g/mol. The van der Waals surface area contributed by atoms with Gasteiger partial charge in [-0.3, -0.25) is 29.2 Å². The molecule has 1 heterocycles. The molecule has 0 amide bonds.